The Kier molecular flexibility index (Phi) is 6.38. The zero-order valence-corrected chi connectivity index (χ0v) is 2.69. The van der Waals surface area contributed by atoms with E-state index in [1.54, 1.807) is 0 Å². The third-order valence-electron chi connectivity index (χ3n) is 0.187. The Morgan fingerprint density at radius 3 is 1.71 bits per heavy atom. The summed E-state index contributed by atoms with van der Waals surface area (Å²) in [5.74, 6) is -2.07. The van der Waals surface area contributed by atoms with Crippen LogP contribution in [-0.4, -0.2) is 43.3 Å². The van der Waals surface area contributed by atoms with Crippen molar-refractivity contribution in [2.45, 2.75) is 6.43 Å². The average Bonchev–Trinajstić information content (AvgIpc) is 1.36. The van der Waals surface area contributed by atoms with Gasteiger partial charge in [-0.2, -0.15) is 8.78 Å². The number of carboxylic acid groups (broad SMARTS) is 1. The first-order chi connectivity index (χ1) is 2.64. The monoisotopic (exact) mass is 214 g/mol. The van der Waals surface area contributed by atoms with Crippen LogP contribution in [0, 0.1) is 0 Å². The molecule has 0 fully saturated rings. The zero-order chi connectivity index (χ0) is 5.15. The second-order valence-corrected chi connectivity index (χ2v) is 0.639. The van der Waals surface area contributed by atoms with Gasteiger partial charge in [0, 0.05) is 0 Å². The van der Waals surface area contributed by atoms with Gasteiger partial charge in [-0.15, -0.1) is 0 Å². The molecule has 0 saturated heterocycles. The zero-order valence-electron chi connectivity index (χ0n) is 2.69. The fraction of sp³-hybridized carbons (Fsp3) is 0.500. The van der Waals surface area contributed by atoms with Gasteiger partial charge in [-0.25, -0.2) is 4.79 Å². The normalized spacial score (nSPS) is 7.86. The second kappa shape index (κ2) is 4.36. The van der Waals surface area contributed by atoms with E-state index in [-0.39, 0.29) is 25.8 Å². The van der Waals surface area contributed by atoms with Gasteiger partial charge in [0.05, 0.1) is 0 Å². The summed E-state index contributed by atoms with van der Waals surface area (Å²) in [7, 11) is 0. The molecule has 0 atom stereocenters. The second-order valence-electron chi connectivity index (χ2n) is 0.639. The molecule has 0 bridgehead atoms. The Hall–Kier alpha value is 0.200. The van der Waals surface area contributed by atoms with Crippen LogP contribution in [0.3, 0.4) is 0 Å². The summed E-state index contributed by atoms with van der Waals surface area (Å²) in [6.45, 7) is 0. The van der Waals surface area contributed by atoms with Crippen LogP contribution < -0.4 is 0 Å². The van der Waals surface area contributed by atoms with Crippen LogP contribution in [0.15, 0.2) is 0 Å². The Balaban J connectivity index is 0. The SMILES string of the molecule is O=C(O)C(F)F.[InH3]. The van der Waals surface area contributed by atoms with E-state index in [1.807, 2.05) is 0 Å². The molecule has 0 aromatic heterocycles. The van der Waals surface area contributed by atoms with Crippen LogP contribution in [0.1, 0.15) is 0 Å². The van der Waals surface area contributed by atoms with Gasteiger partial charge < -0.3 is 5.11 Å². The summed E-state index contributed by atoms with van der Waals surface area (Å²) in [5.41, 5.74) is 0. The number of aliphatic carboxylic acids is 1. The van der Waals surface area contributed by atoms with Crippen molar-refractivity contribution in [3.05, 3.63) is 0 Å². The van der Waals surface area contributed by atoms with E-state index in [4.69, 9.17) is 9.90 Å². The number of carboxylic acids is 1. The average molecular weight is 214 g/mol. The standard InChI is InChI=1S/C2H2F2O2.In.3H/c3-1(4)2(5)6;;;;/h1H,(H,5,6);;;;. The quantitative estimate of drug-likeness (QED) is 0.617. The first kappa shape index (κ1) is 10.2. The van der Waals surface area contributed by atoms with Crippen molar-refractivity contribution >= 4 is 31.8 Å². The molecule has 0 amide bonds. The van der Waals surface area contributed by atoms with Gasteiger partial charge in [-0.05, 0) is 0 Å². The molecule has 7 heavy (non-hydrogen) atoms. The van der Waals surface area contributed by atoms with E-state index in [0.717, 1.165) is 0 Å². The van der Waals surface area contributed by atoms with Crippen molar-refractivity contribution in [2.24, 2.45) is 0 Å². The number of halogens is 2. The molecule has 0 aliphatic carbocycles. The molecular formula is C2H5F2InO2. The van der Waals surface area contributed by atoms with Crippen LogP contribution in [0.25, 0.3) is 0 Å². The minimum absolute atomic E-state index is 0. The van der Waals surface area contributed by atoms with Crippen LogP contribution in [0.2, 0.25) is 0 Å². The minimum atomic E-state index is -3.23. The fourth-order valence-electron chi connectivity index (χ4n) is 0. The third-order valence-corrected chi connectivity index (χ3v) is 0.187. The van der Waals surface area contributed by atoms with Crippen molar-refractivity contribution in [1.82, 2.24) is 0 Å². The van der Waals surface area contributed by atoms with Gasteiger partial charge in [-0.3, -0.25) is 0 Å². The number of rotatable bonds is 1. The molecule has 0 aromatic carbocycles. The van der Waals surface area contributed by atoms with Crippen molar-refractivity contribution in [1.29, 1.82) is 0 Å². The van der Waals surface area contributed by atoms with Gasteiger partial charge in [0.25, 0.3) is 0 Å². The molecule has 5 heteroatoms. The summed E-state index contributed by atoms with van der Waals surface area (Å²) in [6.07, 6.45) is -3.23. The van der Waals surface area contributed by atoms with E-state index in [9.17, 15) is 8.78 Å². The summed E-state index contributed by atoms with van der Waals surface area (Å²) in [5, 5.41) is 7.24. The summed E-state index contributed by atoms with van der Waals surface area (Å²) in [6, 6.07) is 0. The first-order valence-electron chi connectivity index (χ1n) is 1.15. The van der Waals surface area contributed by atoms with Crippen molar-refractivity contribution < 1.29 is 18.7 Å². The van der Waals surface area contributed by atoms with Crippen LogP contribution in [-0.2, 0) is 4.79 Å². The van der Waals surface area contributed by atoms with E-state index in [0.29, 0.717) is 0 Å². The maximum atomic E-state index is 10.6. The Bertz CT molecular complexity index is 64.7. The Labute approximate surface area is 57.3 Å². The predicted molar refractivity (Wildman–Crippen MR) is 23.6 cm³/mol. The Morgan fingerprint density at radius 1 is 1.57 bits per heavy atom. The van der Waals surface area contributed by atoms with Crippen molar-refractivity contribution in [2.75, 3.05) is 0 Å². The Morgan fingerprint density at radius 2 is 1.71 bits per heavy atom. The number of hydrogen-bond acceptors (Lipinski definition) is 1. The fourth-order valence-corrected chi connectivity index (χ4v) is 0. The molecule has 2 nitrogen and oxygen atoms in total. The van der Waals surface area contributed by atoms with E-state index >= 15 is 0 Å². The first-order valence-corrected chi connectivity index (χ1v) is 1.15. The summed E-state index contributed by atoms with van der Waals surface area (Å²) >= 11 is 0. The molecular weight excluding hydrogens is 209 g/mol. The molecule has 0 saturated carbocycles. The van der Waals surface area contributed by atoms with Gasteiger partial charge in [0.2, 0.25) is 0 Å². The molecule has 0 radical (unpaired) electrons. The molecule has 0 unspecified atom stereocenters. The van der Waals surface area contributed by atoms with E-state index in [2.05, 4.69) is 0 Å². The van der Waals surface area contributed by atoms with Crippen LogP contribution >= 0.6 is 0 Å². The van der Waals surface area contributed by atoms with Gasteiger partial charge >= 0.3 is 38.2 Å². The molecule has 1 N–H and O–H groups in total. The third kappa shape index (κ3) is 6.20. The topological polar surface area (TPSA) is 37.3 Å². The molecule has 0 heterocycles. The van der Waals surface area contributed by atoms with E-state index < -0.39 is 12.4 Å². The van der Waals surface area contributed by atoms with E-state index in [1.165, 1.54) is 0 Å². The molecule has 0 rings (SSSR count). The maximum absolute atomic E-state index is 10.6. The molecule has 0 aromatic rings. The van der Waals surface area contributed by atoms with Crippen LogP contribution in [0.5, 0.6) is 0 Å². The summed E-state index contributed by atoms with van der Waals surface area (Å²) < 4.78 is 21.1. The van der Waals surface area contributed by atoms with Crippen molar-refractivity contribution in [3.63, 3.8) is 0 Å². The molecule has 0 spiro atoms. The van der Waals surface area contributed by atoms with Gasteiger partial charge in [0.1, 0.15) is 0 Å². The van der Waals surface area contributed by atoms with Gasteiger partial charge in [0.15, 0.2) is 0 Å². The van der Waals surface area contributed by atoms with Crippen molar-refractivity contribution in [3.8, 4) is 0 Å². The summed E-state index contributed by atoms with van der Waals surface area (Å²) in [4.78, 5) is 8.95. The molecule has 0 aliphatic rings. The van der Waals surface area contributed by atoms with Gasteiger partial charge in [-0.1, -0.05) is 0 Å². The predicted octanol–water partition coefficient (Wildman–Crippen LogP) is -0.848. The molecule has 0 aliphatic heterocycles. The number of hydrogen-bond donors (Lipinski definition) is 1. The number of carbonyl (C=O) groups is 1. The number of alkyl halides is 2. The van der Waals surface area contributed by atoms with Crippen LogP contribution in [0.4, 0.5) is 8.78 Å². The molecule has 42 valence electrons.